The Balaban J connectivity index is 1.28. The lowest BCUT2D eigenvalue weighted by Crippen LogP contribution is -2.51. The average molecular weight is 534 g/mol. The second kappa shape index (κ2) is 9.63. The van der Waals surface area contributed by atoms with E-state index in [2.05, 4.69) is 10.6 Å². The fourth-order valence-electron chi connectivity index (χ4n) is 6.28. The van der Waals surface area contributed by atoms with Crippen LogP contribution < -0.4 is 10.6 Å². The highest BCUT2D eigenvalue weighted by Gasteiger charge is 2.52. The lowest BCUT2D eigenvalue weighted by atomic mass is 9.73. The Hall–Kier alpha value is -2.71. The van der Waals surface area contributed by atoms with Gasteiger partial charge in [-0.25, -0.2) is 4.39 Å². The monoisotopic (exact) mass is 533 g/mol. The predicted molar refractivity (Wildman–Crippen MR) is 133 cm³/mol. The fraction of sp³-hybridized carbons (Fsp3) is 0.462. The van der Waals surface area contributed by atoms with Crippen LogP contribution in [-0.4, -0.2) is 22.8 Å². The van der Waals surface area contributed by atoms with Gasteiger partial charge in [0.2, 0.25) is 5.91 Å². The molecule has 2 aromatic carbocycles. The number of amides is 2. The standard InChI is InChI=1S/C26H26Cl2FN3O4/c27-18-5-6-19(29)21(22(18)28)23(26-9-7-14(13-26)8-10-26)31-24(33)15-11-16(12-15)30-25(34)17-3-1-2-4-20(17)32(35)36/h1-6,14-16,23H,7-13H2,(H,30,34)(H,31,33)/t14?,15?,16?,23-,26?/m1/s1. The summed E-state index contributed by atoms with van der Waals surface area (Å²) in [4.78, 5) is 36.5. The van der Waals surface area contributed by atoms with Gasteiger partial charge >= 0.3 is 0 Å². The first-order chi connectivity index (χ1) is 17.2. The van der Waals surface area contributed by atoms with Crippen LogP contribution >= 0.6 is 23.2 Å². The zero-order valence-corrected chi connectivity index (χ0v) is 20.9. The van der Waals surface area contributed by atoms with Crippen LogP contribution in [0.2, 0.25) is 10.0 Å². The number of hydrogen-bond donors (Lipinski definition) is 2. The Bertz CT molecular complexity index is 1230. The first-order valence-electron chi connectivity index (χ1n) is 12.2. The Labute approximate surface area is 217 Å². The summed E-state index contributed by atoms with van der Waals surface area (Å²) < 4.78 is 15.1. The number of fused-ring (bicyclic) bond motifs is 2. The van der Waals surface area contributed by atoms with Crippen molar-refractivity contribution in [2.45, 2.75) is 57.0 Å². The molecule has 0 aliphatic heterocycles. The van der Waals surface area contributed by atoms with Crippen LogP contribution in [0, 0.1) is 33.2 Å². The van der Waals surface area contributed by atoms with Crippen LogP contribution in [0.25, 0.3) is 0 Å². The van der Waals surface area contributed by atoms with Gasteiger partial charge in [0.1, 0.15) is 11.4 Å². The van der Waals surface area contributed by atoms with Crippen LogP contribution in [0.5, 0.6) is 0 Å². The molecule has 0 spiro atoms. The quantitative estimate of drug-likeness (QED) is 0.259. The van der Waals surface area contributed by atoms with Gasteiger partial charge in [-0.3, -0.25) is 19.7 Å². The van der Waals surface area contributed by atoms with Crippen molar-refractivity contribution in [1.29, 1.82) is 0 Å². The van der Waals surface area contributed by atoms with Gasteiger partial charge in [0.15, 0.2) is 0 Å². The Morgan fingerprint density at radius 1 is 1.11 bits per heavy atom. The zero-order chi connectivity index (χ0) is 25.6. The molecule has 0 aromatic heterocycles. The summed E-state index contributed by atoms with van der Waals surface area (Å²) in [7, 11) is 0. The minimum absolute atomic E-state index is 0.0161. The summed E-state index contributed by atoms with van der Waals surface area (Å²) in [6.07, 6.45) is 5.59. The van der Waals surface area contributed by atoms with Gasteiger partial charge in [-0.15, -0.1) is 0 Å². The lowest BCUT2D eigenvalue weighted by molar-refractivity contribution is -0.385. The summed E-state index contributed by atoms with van der Waals surface area (Å²) in [6, 6.07) is 7.60. The second-order valence-corrected chi connectivity index (χ2v) is 11.1. The molecule has 3 aliphatic carbocycles. The number of para-hydroxylation sites is 1. The van der Waals surface area contributed by atoms with Crippen LogP contribution in [0.4, 0.5) is 10.1 Å². The SMILES string of the molecule is O=C(NC1CC(C(=O)N[C@H](c2c(F)ccc(Cl)c2Cl)C23CCC(CC2)C3)C1)c1ccccc1[N+](=O)[O-]. The number of nitrogens with zero attached hydrogens (tertiary/aromatic N) is 1. The Morgan fingerprint density at radius 2 is 1.81 bits per heavy atom. The van der Waals surface area contributed by atoms with E-state index in [-0.39, 0.29) is 50.1 Å². The summed E-state index contributed by atoms with van der Waals surface area (Å²) in [6.45, 7) is 0. The van der Waals surface area contributed by atoms with E-state index in [1.165, 1.54) is 30.3 Å². The molecule has 36 heavy (non-hydrogen) atoms. The molecule has 10 heteroatoms. The van der Waals surface area contributed by atoms with Crippen LogP contribution in [0.1, 0.15) is 66.9 Å². The van der Waals surface area contributed by atoms with E-state index in [4.69, 9.17) is 23.2 Å². The van der Waals surface area contributed by atoms with Crippen LogP contribution in [-0.2, 0) is 4.79 Å². The highest BCUT2D eigenvalue weighted by molar-refractivity contribution is 6.42. The maximum atomic E-state index is 15.1. The highest BCUT2D eigenvalue weighted by atomic mass is 35.5. The Kier molecular flexibility index (Phi) is 6.68. The molecular formula is C26H26Cl2FN3O4. The molecule has 3 fully saturated rings. The Morgan fingerprint density at radius 3 is 2.44 bits per heavy atom. The highest BCUT2D eigenvalue weighted by Crippen LogP contribution is 2.61. The van der Waals surface area contributed by atoms with Crippen molar-refractivity contribution in [2.24, 2.45) is 17.3 Å². The van der Waals surface area contributed by atoms with Gasteiger partial charge in [-0.1, -0.05) is 35.3 Å². The fourth-order valence-corrected chi connectivity index (χ4v) is 6.71. The number of carbonyl (C=O) groups is 2. The number of nitro groups is 1. The van der Waals surface area contributed by atoms with Crippen molar-refractivity contribution in [3.05, 3.63) is 73.5 Å². The molecule has 2 aromatic rings. The van der Waals surface area contributed by atoms with E-state index < -0.39 is 22.7 Å². The molecule has 0 unspecified atom stereocenters. The first-order valence-corrected chi connectivity index (χ1v) is 12.9. The van der Waals surface area contributed by atoms with Crippen molar-refractivity contribution < 1.29 is 18.9 Å². The van der Waals surface area contributed by atoms with Crippen LogP contribution in [0.3, 0.4) is 0 Å². The van der Waals surface area contributed by atoms with E-state index in [1.807, 2.05) is 0 Å². The van der Waals surface area contributed by atoms with E-state index in [0.717, 1.165) is 32.1 Å². The summed E-state index contributed by atoms with van der Waals surface area (Å²) in [5, 5.41) is 17.5. The molecule has 0 radical (unpaired) electrons. The number of rotatable bonds is 7. The normalized spacial score (nSPS) is 27.2. The minimum Gasteiger partial charge on any atom is -0.349 e. The lowest BCUT2D eigenvalue weighted by Gasteiger charge is -2.40. The topological polar surface area (TPSA) is 101 Å². The number of nitro benzene ring substituents is 1. The van der Waals surface area contributed by atoms with Crippen molar-refractivity contribution in [1.82, 2.24) is 10.6 Å². The van der Waals surface area contributed by atoms with Crippen LogP contribution in [0.15, 0.2) is 36.4 Å². The van der Waals surface area contributed by atoms with Gasteiger partial charge < -0.3 is 10.6 Å². The number of hydrogen-bond acceptors (Lipinski definition) is 4. The van der Waals surface area contributed by atoms with Crippen molar-refractivity contribution in [3.63, 3.8) is 0 Å². The molecule has 3 aliphatic rings. The zero-order valence-electron chi connectivity index (χ0n) is 19.4. The van der Waals surface area contributed by atoms with E-state index in [1.54, 1.807) is 6.07 Å². The molecule has 0 heterocycles. The van der Waals surface area contributed by atoms with Gasteiger partial charge in [0.05, 0.1) is 21.0 Å². The summed E-state index contributed by atoms with van der Waals surface area (Å²) in [5.41, 5.74) is -0.283. The van der Waals surface area contributed by atoms with Gasteiger partial charge in [0, 0.05) is 23.6 Å². The molecule has 7 nitrogen and oxygen atoms in total. The number of halogens is 3. The van der Waals surface area contributed by atoms with Crippen molar-refractivity contribution >= 4 is 40.7 Å². The number of benzene rings is 2. The molecule has 1 atom stereocenters. The molecule has 0 saturated heterocycles. The van der Waals surface area contributed by atoms with Gasteiger partial charge in [-0.05, 0) is 74.5 Å². The maximum absolute atomic E-state index is 15.1. The van der Waals surface area contributed by atoms with Crippen molar-refractivity contribution in [3.8, 4) is 0 Å². The molecular weight excluding hydrogens is 508 g/mol. The van der Waals surface area contributed by atoms with Gasteiger partial charge in [0.25, 0.3) is 11.6 Å². The maximum Gasteiger partial charge on any atom is 0.282 e. The molecule has 2 bridgehead atoms. The molecule has 2 amide bonds. The summed E-state index contributed by atoms with van der Waals surface area (Å²) >= 11 is 12.7. The van der Waals surface area contributed by atoms with Gasteiger partial charge in [-0.2, -0.15) is 0 Å². The molecule has 3 saturated carbocycles. The molecule has 5 rings (SSSR count). The molecule has 2 N–H and O–H groups in total. The third-order valence-corrected chi connectivity index (χ3v) is 9.07. The number of carbonyl (C=O) groups excluding carboxylic acids is 2. The predicted octanol–water partition coefficient (Wildman–Crippen LogP) is 5.99. The minimum atomic E-state index is -0.595. The number of nitrogens with one attached hydrogen (secondary N) is 2. The average Bonchev–Trinajstić information content (AvgIpc) is 3.45. The first kappa shape index (κ1) is 25.0. The van der Waals surface area contributed by atoms with Crippen molar-refractivity contribution in [2.75, 3.05) is 0 Å². The summed E-state index contributed by atoms with van der Waals surface area (Å²) in [5.74, 6) is -1.02. The van der Waals surface area contributed by atoms with E-state index in [9.17, 15) is 19.7 Å². The van der Waals surface area contributed by atoms with E-state index in [0.29, 0.717) is 18.8 Å². The van der Waals surface area contributed by atoms with E-state index >= 15 is 4.39 Å². The third kappa shape index (κ3) is 4.45. The second-order valence-electron chi connectivity index (χ2n) is 10.3. The third-order valence-electron chi connectivity index (χ3n) is 8.25. The smallest absolute Gasteiger partial charge is 0.282 e. The largest absolute Gasteiger partial charge is 0.349 e. The molecule has 190 valence electrons.